The van der Waals surface area contributed by atoms with Gasteiger partial charge >= 0.3 is 0 Å². The van der Waals surface area contributed by atoms with Gasteiger partial charge in [-0.3, -0.25) is 9.59 Å². The fourth-order valence-corrected chi connectivity index (χ4v) is 5.76. The number of nitrogens with one attached hydrogen (secondary N) is 2. The standard InChI is InChI=1S/C24H36N2O2S/c1-7-10-18(11-8-2)19(9-3)22-17(6)21(14-29-22)23(27)25-13-20-15(4)12-16(5)26-24(20)28/h12,14,18-19H,7-11,13H2,1-6H3,(H,25,27)(H,26,28). The summed E-state index contributed by atoms with van der Waals surface area (Å²) >= 11 is 1.72. The predicted molar refractivity (Wildman–Crippen MR) is 123 cm³/mol. The van der Waals surface area contributed by atoms with Crippen LogP contribution in [-0.2, 0) is 6.54 Å². The monoisotopic (exact) mass is 416 g/mol. The molecule has 0 radical (unpaired) electrons. The Bertz CT molecular complexity index is 875. The van der Waals surface area contributed by atoms with E-state index < -0.39 is 0 Å². The summed E-state index contributed by atoms with van der Waals surface area (Å²) in [6, 6.07) is 1.93. The van der Waals surface area contributed by atoms with Gasteiger partial charge in [0.25, 0.3) is 11.5 Å². The van der Waals surface area contributed by atoms with Crippen LogP contribution in [0.2, 0.25) is 0 Å². The lowest BCUT2D eigenvalue weighted by atomic mass is 9.81. The second-order valence-electron chi connectivity index (χ2n) is 8.12. The average molecular weight is 417 g/mol. The first-order valence-corrected chi connectivity index (χ1v) is 11.8. The zero-order chi connectivity index (χ0) is 21.6. The topological polar surface area (TPSA) is 62.0 Å². The normalized spacial score (nSPS) is 12.4. The van der Waals surface area contributed by atoms with Crippen LogP contribution in [0.4, 0.5) is 0 Å². The van der Waals surface area contributed by atoms with E-state index in [1.165, 1.54) is 30.6 Å². The maximum absolute atomic E-state index is 12.9. The van der Waals surface area contributed by atoms with Crippen LogP contribution < -0.4 is 10.9 Å². The Balaban J connectivity index is 2.19. The SMILES string of the molecule is CCCC(CCC)C(CC)c1scc(C(=O)NCc2c(C)cc(C)[nH]c2=O)c1C. The van der Waals surface area contributed by atoms with Crippen LogP contribution in [-0.4, -0.2) is 10.9 Å². The van der Waals surface area contributed by atoms with Crippen molar-refractivity contribution in [1.82, 2.24) is 10.3 Å². The summed E-state index contributed by atoms with van der Waals surface area (Å²) in [5, 5.41) is 4.94. The van der Waals surface area contributed by atoms with Crippen molar-refractivity contribution >= 4 is 17.2 Å². The minimum absolute atomic E-state index is 0.0956. The number of aryl methyl sites for hydroxylation is 2. The first-order chi connectivity index (χ1) is 13.8. The van der Waals surface area contributed by atoms with Gasteiger partial charge in [0.2, 0.25) is 0 Å². The van der Waals surface area contributed by atoms with Crippen LogP contribution in [0, 0.1) is 26.7 Å². The molecule has 5 heteroatoms. The van der Waals surface area contributed by atoms with E-state index in [-0.39, 0.29) is 18.0 Å². The van der Waals surface area contributed by atoms with Gasteiger partial charge in [-0.1, -0.05) is 46.5 Å². The molecule has 0 aliphatic heterocycles. The largest absolute Gasteiger partial charge is 0.348 e. The van der Waals surface area contributed by atoms with Crippen molar-refractivity contribution in [3.63, 3.8) is 0 Å². The Morgan fingerprint density at radius 2 is 1.79 bits per heavy atom. The van der Waals surface area contributed by atoms with Crippen LogP contribution in [0.15, 0.2) is 16.2 Å². The highest BCUT2D eigenvalue weighted by Gasteiger charge is 2.26. The number of thiophene rings is 1. The Morgan fingerprint density at radius 1 is 1.14 bits per heavy atom. The molecule has 0 aliphatic rings. The number of hydrogen-bond donors (Lipinski definition) is 2. The molecule has 2 aromatic heterocycles. The Morgan fingerprint density at radius 3 is 2.34 bits per heavy atom. The van der Waals surface area contributed by atoms with Crippen molar-refractivity contribution in [3.8, 4) is 0 Å². The number of H-pyrrole nitrogens is 1. The summed E-state index contributed by atoms with van der Waals surface area (Å²) in [7, 11) is 0. The number of carbonyl (C=O) groups excluding carboxylic acids is 1. The fourth-order valence-electron chi connectivity index (χ4n) is 4.41. The zero-order valence-corrected chi connectivity index (χ0v) is 19.6. The van der Waals surface area contributed by atoms with Crippen LogP contribution in [0.3, 0.4) is 0 Å². The van der Waals surface area contributed by atoms with Crippen LogP contribution in [0.25, 0.3) is 0 Å². The molecule has 0 fully saturated rings. The minimum atomic E-state index is -0.126. The molecular weight excluding hydrogens is 380 g/mol. The Labute approximate surface area is 179 Å². The predicted octanol–water partition coefficient (Wildman–Crippen LogP) is 6.00. The number of pyridine rings is 1. The van der Waals surface area contributed by atoms with Crippen LogP contribution >= 0.6 is 11.3 Å². The van der Waals surface area contributed by atoms with Crippen LogP contribution in [0.1, 0.15) is 96.4 Å². The quantitative estimate of drug-likeness (QED) is 0.499. The smallest absolute Gasteiger partial charge is 0.253 e. The summed E-state index contributed by atoms with van der Waals surface area (Å²) in [5.74, 6) is 1.10. The highest BCUT2D eigenvalue weighted by Crippen LogP contribution is 2.40. The van der Waals surface area contributed by atoms with E-state index in [4.69, 9.17) is 0 Å². The van der Waals surface area contributed by atoms with Gasteiger partial charge in [0, 0.05) is 28.1 Å². The molecule has 1 atom stereocenters. The van der Waals surface area contributed by atoms with Gasteiger partial charge in [-0.15, -0.1) is 11.3 Å². The van der Waals surface area contributed by atoms with Gasteiger partial charge in [-0.05, 0) is 56.2 Å². The number of amides is 1. The summed E-state index contributed by atoms with van der Waals surface area (Å²) < 4.78 is 0. The zero-order valence-electron chi connectivity index (χ0n) is 18.8. The van der Waals surface area contributed by atoms with E-state index in [1.54, 1.807) is 11.3 Å². The van der Waals surface area contributed by atoms with Crippen molar-refractivity contribution < 1.29 is 4.79 Å². The lowest BCUT2D eigenvalue weighted by Gasteiger charge is -2.26. The minimum Gasteiger partial charge on any atom is -0.348 e. The third-order valence-corrected chi connectivity index (χ3v) is 7.12. The molecule has 160 valence electrons. The molecule has 0 aliphatic carbocycles. The fraction of sp³-hybridized carbons (Fsp3) is 0.583. The number of carbonyl (C=O) groups is 1. The first-order valence-electron chi connectivity index (χ1n) is 10.9. The maximum Gasteiger partial charge on any atom is 0.253 e. The number of aromatic amines is 1. The van der Waals surface area contributed by atoms with Crippen molar-refractivity contribution in [1.29, 1.82) is 0 Å². The molecule has 2 aromatic rings. The molecule has 1 amide bonds. The molecule has 0 aromatic carbocycles. The molecular formula is C24H36N2O2S. The molecule has 1 unspecified atom stereocenters. The van der Waals surface area contributed by atoms with E-state index in [0.29, 0.717) is 17.4 Å². The molecule has 4 nitrogen and oxygen atoms in total. The molecule has 2 heterocycles. The van der Waals surface area contributed by atoms with E-state index in [9.17, 15) is 9.59 Å². The number of aromatic nitrogens is 1. The van der Waals surface area contributed by atoms with Crippen molar-refractivity contribution in [2.75, 3.05) is 0 Å². The van der Waals surface area contributed by atoms with Gasteiger partial charge in [0.15, 0.2) is 0 Å². The van der Waals surface area contributed by atoms with Gasteiger partial charge in [-0.25, -0.2) is 0 Å². The summed E-state index contributed by atoms with van der Waals surface area (Å²) in [5.41, 5.74) is 4.08. The number of hydrogen-bond acceptors (Lipinski definition) is 3. The molecule has 2 rings (SSSR count). The molecule has 2 N–H and O–H groups in total. The van der Waals surface area contributed by atoms with Crippen molar-refractivity contribution in [2.24, 2.45) is 5.92 Å². The summed E-state index contributed by atoms with van der Waals surface area (Å²) in [4.78, 5) is 29.2. The summed E-state index contributed by atoms with van der Waals surface area (Å²) in [6.45, 7) is 12.9. The molecule has 0 spiro atoms. The third kappa shape index (κ3) is 5.59. The first kappa shape index (κ1) is 23.4. The van der Waals surface area contributed by atoms with E-state index in [1.807, 2.05) is 25.3 Å². The Hall–Kier alpha value is -1.88. The van der Waals surface area contributed by atoms with Crippen molar-refractivity contribution in [3.05, 3.63) is 54.6 Å². The molecule has 0 saturated carbocycles. The highest BCUT2D eigenvalue weighted by atomic mass is 32.1. The lowest BCUT2D eigenvalue weighted by Crippen LogP contribution is -2.28. The molecule has 0 bridgehead atoms. The summed E-state index contributed by atoms with van der Waals surface area (Å²) in [6.07, 6.45) is 5.97. The number of rotatable bonds is 10. The van der Waals surface area contributed by atoms with Gasteiger partial charge in [0.05, 0.1) is 5.56 Å². The van der Waals surface area contributed by atoms with Gasteiger partial charge < -0.3 is 10.3 Å². The van der Waals surface area contributed by atoms with E-state index in [0.717, 1.165) is 28.8 Å². The maximum atomic E-state index is 12.9. The average Bonchev–Trinajstić information content (AvgIpc) is 3.03. The van der Waals surface area contributed by atoms with Crippen LogP contribution in [0.5, 0.6) is 0 Å². The second-order valence-corrected chi connectivity index (χ2v) is 9.03. The third-order valence-electron chi connectivity index (χ3n) is 5.91. The van der Waals surface area contributed by atoms with E-state index >= 15 is 0 Å². The second kappa shape index (κ2) is 10.8. The van der Waals surface area contributed by atoms with Gasteiger partial charge in [0.1, 0.15) is 0 Å². The van der Waals surface area contributed by atoms with Crippen molar-refractivity contribution in [2.45, 2.75) is 86.1 Å². The van der Waals surface area contributed by atoms with E-state index in [2.05, 4.69) is 38.0 Å². The molecule has 0 saturated heterocycles. The Kier molecular flexibility index (Phi) is 8.69. The molecule has 29 heavy (non-hydrogen) atoms. The highest BCUT2D eigenvalue weighted by molar-refractivity contribution is 7.10. The lowest BCUT2D eigenvalue weighted by molar-refractivity contribution is 0.0950. The van der Waals surface area contributed by atoms with Gasteiger partial charge in [-0.2, -0.15) is 0 Å².